The molecule has 0 saturated carbocycles. The Kier molecular flexibility index (Phi) is 6.06. The van der Waals surface area contributed by atoms with Crippen molar-refractivity contribution in [2.45, 2.75) is 13.1 Å². The molecule has 0 radical (unpaired) electrons. The maximum atomic E-state index is 13.8. The van der Waals surface area contributed by atoms with Gasteiger partial charge in [-0.3, -0.25) is 9.36 Å². The normalized spacial score (nSPS) is 10.7. The van der Waals surface area contributed by atoms with Crippen LogP contribution >= 0.6 is 23.8 Å². The van der Waals surface area contributed by atoms with Gasteiger partial charge in [-0.1, -0.05) is 41.9 Å². The van der Waals surface area contributed by atoms with E-state index in [0.717, 1.165) is 5.56 Å². The molecular weight excluding hydrogens is 423 g/mol. The SMILES string of the molecule is Fc1ccccc1Cn1cc(NC(=S)Nc2ccn(Cc3ccc(Cl)cc3)n2)cn1. The second-order valence-corrected chi connectivity index (χ2v) is 7.47. The molecule has 4 rings (SSSR count). The quantitative estimate of drug-likeness (QED) is 0.423. The van der Waals surface area contributed by atoms with E-state index < -0.39 is 0 Å². The van der Waals surface area contributed by atoms with E-state index in [0.29, 0.717) is 40.3 Å². The van der Waals surface area contributed by atoms with Crippen LogP contribution in [0, 0.1) is 5.82 Å². The molecule has 0 saturated heterocycles. The number of halogens is 2. The molecule has 2 N–H and O–H groups in total. The third kappa shape index (κ3) is 5.22. The van der Waals surface area contributed by atoms with E-state index in [2.05, 4.69) is 20.8 Å². The van der Waals surface area contributed by atoms with Crippen molar-refractivity contribution in [3.63, 3.8) is 0 Å². The largest absolute Gasteiger partial charge is 0.330 e. The zero-order valence-electron chi connectivity index (χ0n) is 15.8. The van der Waals surface area contributed by atoms with Crippen LogP contribution in [0.5, 0.6) is 0 Å². The van der Waals surface area contributed by atoms with Crippen LogP contribution in [0.15, 0.2) is 73.2 Å². The summed E-state index contributed by atoms with van der Waals surface area (Å²) in [5.74, 6) is 0.370. The molecule has 0 bridgehead atoms. The van der Waals surface area contributed by atoms with E-state index in [4.69, 9.17) is 23.8 Å². The highest BCUT2D eigenvalue weighted by atomic mass is 35.5. The molecule has 6 nitrogen and oxygen atoms in total. The van der Waals surface area contributed by atoms with E-state index in [-0.39, 0.29) is 5.82 Å². The Labute approximate surface area is 183 Å². The fourth-order valence-corrected chi connectivity index (χ4v) is 3.24. The first-order valence-corrected chi connectivity index (χ1v) is 9.95. The Hall–Kier alpha value is -3.23. The molecule has 2 aromatic carbocycles. The van der Waals surface area contributed by atoms with Gasteiger partial charge in [0.05, 0.1) is 25.0 Å². The minimum atomic E-state index is -0.256. The summed E-state index contributed by atoms with van der Waals surface area (Å²) in [6.45, 7) is 0.964. The summed E-state index contributed by atoms with van der Waals surface area (Å²) >= 11 is 11.3. The third-order valence-electron chi connectivity index (χ3n) is 4.32. The third-order valence-corrected chi connectivity index (χ3v) is 4.78. The van der Waals surface area contributed by atoms with Crippen molar-refractivity contribution in [2.75, 3.05) is 10.6 Å². The Morgan fingerprint density at radius 2 is 1.80 bits per heavy atom. The Morgan fingerprint density at radius 1 is 1.00 bits per heavy atom. The van der Waals surface area contributed by atoms with Crippen LogP contribution in [0.3, 0.4) is 0 Å². The molecule has 0 spiro atoms. The number of rotatable bonds is 6. The van der Waals surface area contributed by atoms with Gasteiger partial charge in [-0.2, -0.15) is 10.2 Å². The number of benzene rings is 2. The molecule has 30 heavy (non-hydrogen) atoms. The zero-order chi connectivity index (χ0) is 20.9. The minimum Gasteiger partial charge on any atom is -0.330 e. The van der Waals surface area contributed by atoms with Gasteiger partial charge in [-0.05, 0) is 36.0 Å². The lowest BCUT2D eigenvalue weighted by atomic mass is 10.2. The number of nitrogens with zero attached hydrogens (tertiary/aromatic N) is 4. The molecule has 152 valence electrons. The fourth-order valence-electron chi connectivity index (χ4n) is 2.89. The fraction of sp³-hybridized carbons (Fsp3) is 0.0952. The van der Waals surface area contributed by atoms with Gasteiger partial charge in [0.1, 0.15) is 5.82 Å². The molecule has 0 aliphatic carbocycles. The average Bonchev–Trinajstić information content (AvgIpc) is 3.35. The van der Waals surface area contributed by atoms with E-state index in [1.54, 1.807) is 40.0 Å². The molecule has 0 aliphatic heterocycles. The van der Waals surface area contributed by atoms with Gasteiger partial charge < -0.3 is 10.6 Å². The van der Waals surface area contributed by atoms with Crippen LogP contribution in [-0.2, 0) is 13.1 Å². The van der Waals surface area contributed by atoms with Crippen LogP contribution < -0.4 is 10.6 Å². The standard InChI is InChI=1S/C21H18ClFN6S/c22-17-7-5-15(6-8-17)12-28-10-9-20(27-28)26-21(30)25-18-11-24-29(14-18)13-16-3-1-2-4-19(16)23/h1-11,14H,12-13H2,(H2,25,26,27,30). The highest BCUT2D eigenvalue weighted by Crippen LogP contribution is 2.13. The van der Waals surface area contributed by atoms with Crippen molar-refractivity contribution >= 4 is 40.4 Å². The Balaban J connectivity index is 1.32. The van der Waals surface area contributed by atoms with Crippen molar-refractivity contribution in [1.82, 2.24) is 19.6 Å². The lowest BCUT2D eigenvalue weighted by molar-refractivity contribution is 0.585. The van der Waals surface area contributed by atoms with Gasteiger partial charge in [0.15, 0.2) is 10.9 Å². The van der Waals surface area contributed by atoms with Gasteiger partial charge in [-0.15, -0.1) is 0 Å². The highest BCUT2D eigenvalue weighted by molar-refractivity contribution is 7.80. The lowest BCUT2D eigenvalue weighted by Gasteiger charge is -2.07. The van der Waals surface area contributed by atoms with Gasteiger partial charge in [0, 0.05) is 29.0 Å². The maximum Gasteiger partial charge on any atom is 0.176 e. The predicted molar refractivity (Wildman–Crippen MR) is 120 cm³/mol. The van der Waals surface area contributed by atoms with Crippen molar-refractivity contribution in [1.29, 1.82) is 0 Å². The Morgan fingerprint density at radius 3 is 2.60 bits per heavy atom. The minimum absolute atomic E-state index is 0.256. The summed E-state index contributed by atoms with van der Waals surface area (Å²) in [5, 5.41) is 15.9. The molecule has 2 aromatic heterocycles. The second-order valence-electron chi connectivity index (χ2n) is 6.62. The molecule has 4 aromatic rings. The predicted octanol–water partition coefficient (Wildman–Crippen LogP) is 4.78. The van der Waals surface area contributed by atoms with Crippen LogP contribution in [-0.4, -0.2) is 24.7 Å². The Bertz CT molecular complexity index is 1150. The molecular formula is C21H18ClFN6S. The number of hydrogen-bond donors (Lipinski definition) is 2. The van der Waals surface area contributed by atoms with Gasteiger partial charge >= 0.3 is 0 Å². The van der Waals surface area contributed by atoms with Gasteiger partial charge in [0.25, 0.3) is 0 Å². The number of hydrogen-bond acceptors (Lipinski definition) is 3. The highest BCUT2D eigenvalue weighted by Gasteiger charge is 2.07. The van der Waals surface area contributed by atoms with Crippen molar-refractivity contribution in [3.05, 3.63) is 95.2 Å². The van der Waals surface area contributed by atoms with Crippen LogP contribution in [0.1, 0.15) is 11.1 Å². The van der Waals surface area contributed by atoms with E-state index in [1.807, 2.05) is 36.5 Å². The summed E-state index contributed by atoms with van der Waals surface area (Å²) in [7, 11) is 0. The molecule has 0 unspecified atom stereocenters. The molecule has 0 atom stereocenters. The van der Waals surface area contributed by atoms with Gasteiger partial charge in [0.2, 0.25) is 0 Å². The van der Waals surface area contributed by atoms with E-state index >= 15 is 0 Å². The zero-order valence-corrected chi connectivity index (χ0v) is 17.4. The van der Waals surface area contributed by atoms with Crippen LogP contribution in [0.25, 0.3) is 0 Å². The summed E-state index contributed by atoms with van der Waals surface area (Å²) in [6, 6.07) is 16.1. The number of aromatic nitrogens is 4. The molecule has 9 heteroatoms. The van der Waals surface area contributed by atoms with Crippen molar-refractivity contribution in [3.8, 4) is 0 Å². The number of nitrogens with one attached hydrogen (secondary N) is 2. The monoisotopic (exact) mass is 440 g/mol. The summed E-state index contributed by atoms with van der Waals surface area (Å²) in [5.41, 5.74) is 2.36. The van der Waals surface area contributed by atoms with Crippen LogP contribution in [0.2, 0.25) is 5.02 Å². The van der Waals surface area contributed by atoms with E-state index in [9.17, 15) is 4.39 Å². The molecule has 0 amide bonds. The first-order valence-electron chi connectivity index (χ1n) is 9.17. The van der Waals surface area contributed by atoms with Crippen molar-refractivity contribution in [2.24, 2.45) is 0 Å². The smallest absolute Gasteiger partial charge is 0.176 e. The first kappa shape index (κ1) is 20.1. The maximum absolute atomic E-state index is 13.8. The molecule has 0 fully saturated rings. The van der Waals surface area contributed by atoms with Gasteiger partial charge in [-0.25, -0.2) is 4.39 Å². The molecule has 0 aliphatic rings. The average molecular weight is 441 g/mol. The van der Waals surface area contributed by atoms with E-state index in [1.165, 1.54) is 6.07 Å². The lowest BCUT2D eigenvalue weighted by Crippen LogP contribution is -2.19. The summed E-state index contributed by atoms with van der Waals surface area (Å²) in [4.78, 5) is 0. The topological polar surface area (TPSA) is 59.7 Å². The molecule has 2 heterocycles. The van der Waals surface area contributed by atoms with Crippen LogP contribution in [0.4, 0.5) is 15.9 Å². The summed E-state index contributed by atoms with van der Waals surface area (Å²) in [6.07, 6.45) is 5.26. The first-order chi connectivity index (χ1) is 14.5. The number of thiocarbonyl (C=S) groups is 1. The number of anilines is 2. The van der Waals surface area contributed by atoms with Crippen molar-refractivity contribution < 1.29 is 4.39 Å². The summed E-state index contributed by atoms with van der Waals surface area (Å²) < 4.78 is 17.2. The second kappa shape index (κ2) is 9.06.